The number of nitrogens with one attached hydrogen (secondary N) is 1. The van der Waals surface area contributed by atoms with Crippen molar-refractivity contribution in [1.82, 2.24) is 5.32 Å². The molecule has 3 nitrogen and oxygen atoms in total. The van der Waals surface area contributed by atoms with Gasteiger partial charge in [0.1, 0.15) is 0 Å². The van der Waals surface area contributed by atoms with E-state index < -0.39 is 0 Å². The van der Waals surface area contributed by atoms with Crippen molar-refractivity contribution in [3.8, 4) is 0 Å². The zero-order valence-electron chi connectivity index (χ0n) is 10.1. The molecule has 2 bridgehead atoms. The Morgan fingerprint density at radius 3 is 2.81 bits per heavy atom. The standard InChI is InChI=1S/C13H23NO2/c1-2-12(15)8-14-13(16)7-11-6-9-3-4-10(11)5-9/h9-12,15H,2-8H2,1H3,(H,14,16)/t9?,10?,11?,12-/m1/s1. The second-order valence-corrected chi connectivity index (χ2v) is 5.51. The summed E-state index contributed by atoms with van der Waals surface area (Å²) in [4.78, 5) is 11.7. The molecule has 92 valence electrons. The molecule has 1 amide bonds. The Balaban J connectivity index is 1.67. The quantitative estimate of drug-likeness (QED) is 0.748. The molecule has 3 heteroatoms. The summed E-state index contributed by atoms with van der Waals surface area (Å²) in [6.07, 6.45) is 6.33. The van der Waals surface area contributed by atoms with Crippen molar-refractivity contribution in [3.05, 3.63) is 0 Å². The summed E-state index contributed by atoms with van der Waals surface area (Å²) < 4.78 is 0. The van der Waals surface area contributed by atoms with E-state index in [2.05, 4.69) is 5.32 Å². The van der Waals surface area contributed by atoms with Crippen molar-refractivity contribution >= 4 is 5.91 Å². The van der Waals surface area contributed by atoms with Gasteiger partial charge in [-0.25, -0.2) is 0 Å². The largest absolute Gasteiger partial charge is 0.391 e. The summed E-state index contributed by atoms with van der Waals surface area (Å²) in [5, 5.41) is 12.2. The summed E-state index contributed by atoms with van der Waals surface area (Å²) in [5.74, 6) is 2.47. The summed E-state index contributed by atoms with van der Waals surface area (Å²) in [5.41, 5.74) is 0. The minimum Gasteiger partial charge on any atom is -0.391 e. The number of amides is 1. The van der Waals surface area contributed by atoms with E-state index in [4.69, 9.17) is 0 Å². The summed E-state index contributed by atoms with van der Waals surface area (Å²) in [6, 6.07) is 0. The Bertz CT molecular complexity index is 254. The monoisotopic (exact) mass is 225 g/mol. The molecule has 0 aromatic rings. The van der Waals surface area contributed by atoms with Crippen LogP contribution < -0.4 is 5.32 Å². The molecule has 2 aliphatic carbocycles. The second-order valence-electron chi connectivity index (χ2n) is 5.51. The van der Waals surface area contributed by atoms with Crippen LogP contribution in [0.15, 0.2) is 0 Å². The third kappa shape index (κ3) is 2.76. The third-order valence-electron chi connectivity index (χ3n) is 4.34. The number of hydrogen-bond acceptors (Lipinski definition) is 2. The molecule has 2 rings (SSSR count). The highest BCUT2D eigenvalue weighted by Gasteiger charge is 2.39. The number of rotatable bonds is 5. The fourth-order valence-electron chi connectivity index (χ4n) is 3.31. The zero-order valence-corrected chi connectivity index (χ0v) is 10.1. The van der Waals surface area contributed by atoms with Gasteiger partial charge in [0.05, 0.1) is 6.10 Å². The first-order valence-electron chi connectivity index (χ1n) is 6.63. The Morgan fingerprint density at radius 2 is 2.25 bits per heavy atom. The smallest absolute Gasteiger partial charge is 0.220 e. The van der Waals surface area contributed by atoms with Gasteiger partial charge in [-0.1, -0.05) is 13.3 Å². The number of hydrogen-bond donors (Lipinski definition) is 2. The Morgan fingerprint density at radius 1 is 1.44 bits per heavy atom. The van der Waals surface area contributed by atoms with Crippen LogP contribution in [0.5, 0.6) is 0 Å². The maximum atomic E-state index is 11.7. The lowest BCUT2D eigenvalue weighted by Crippen LogP contribution is -2.33. The molecule has 0 aromatic carbocycles. The van der Waals surface area contributed by atoms with E-state index in [1.807, 2.05) is 6.92 Å². The number of fused-ring (bicyclic) bond motifs is 2. The lowest BCUT2D eigenvalue weighted by Gasteiger charge is -2.21. The Hall–Kier alpha value is -0.570. The van der Waals surface area contributed by atoms with Gasteiger partial charge in [0.15, 0.2) is 0 Å². The molecular weight excluding hydrogens is 202 g/mol. The lowest BCUT2D eigenvalue weighted by atomic mass is 9.86. The van der Waals surface area contributed by atoms with Gasteiger partial charge >= 0.3 is 0 Å². The van der Waals surface area contributed by atoms with Crippen molar-refractivity contribution in [2.45, 2.75) is 51.6 Å². The Kier molecular flexibility index (Phi) is 3.85. The van der Waals surface area contributed by atoms with Crippen LogP contribution >= 0.6 is 0 Å². The van der Waals surface area contributed by atoms with E-state index in [0.29, 0.717) is 25.3 Å². The number of aliphatic hydroxyl groups excluding tert-OH is 1. The molecule has 0 heterocycles. The fourth-order valence-corrected chi connectivity index (χ4v) is 3.31. The van der Waals surface area contributed by atoms with Crippen molar-refractivity contribution in [1.29, 1.82) is 0 Å². The van der Waals surface area contributed by atoms with Gasteiger partial charge < -0.3 is 10.4 Å². The zero-order chi connectivity index (χ0) is 11.5. The average molecular weight is 225 g/mol. The fraction of sp³-hybridized carbons (Fsp3) is 0.923. The van der Waals surface area contributed by atoms with Crippen LogP contribution in [-0.4, -0.2) is 23.7 Å². The van der Waals surface area contributed by atoms with E-state index in [1.54, 1.807) is 0 Å². The van der Waals surface area contributed by atoms with Crippen LogP contribution in [0, 0.1) is 17.8 Å². The van der Waals surface area contributed by atoms with Crippen LogP contribution in [0.2, 0.25) is 0 Å². The first-order chi connectivity index (χ1) is 7.69. The van der Waals surface area contributed by atoms with Gasteiger partial charge in [-0.2, -0.15) is 0 Å². The number of carbonyl (C=O) groups is 1. The number of aliphatic hydroxyl groups is 1. The minimum absolute atomic E-state index is 0.130. The van der Waals surface area contributed by atoms with E-state index in [0.717, 1.165) is 11.8 Å². The summed E-state index contributed by atoms with van der Waals surface area (Å²) >= 11 is 0. The molecular formula is C13H23NO2. The molecule has 4 atom stereocenters. The molecule has 2 saturated carbocycles. The van der Waals surface area contributed by atoms with E-state index >= 15 is 0 Å². The van der Waals surface area contributed by atoms with Gasteiger partial charge in [0.25, 0.3) is 0 Å². The maximum absolute atomic E-state index is 11.7. The first-order valence-corrected chi connectivity index (χ1v) is 6.63. The Labute approximate surface area is 97.6 Å². The maximum Gasteiger partial charge on any atom is 0.220 e. The molecule has 0 aromatic heterocycles. The molecule has 0 radical (unpaired) electrons. The van der Waals surface area contributed by atoms with Crippen LogP contribution in [0.1, 0.15) is 45.4 Å². The van der Waals surface area contributed by atoms with Crippen molar-refractivity contribution in [3.63, 3.8) is 0 Å². The first kappa shape index (κ1) is 11.9. The highest BCUT2D eigenvalue weighted by molar-refractivity contribution is 5.76. The van der Waals surface area contributed by atoms with E-state index in [9.17, 15) is 9.90 Å². The van der Waals surface area contributed by atoms with Crippen LogP contribution in [0.25, 0.3) is 0 Å². The topological polar surface area (TPSA) is 49.3 Å². The molecule has 2 aliphatic rings. The molecule has 3 unspecified atom stereocenters. The normalized spacial score (nSPS) is 34.0. The van der Waals surface area contributed by atoms with Gasteiger partial charge in [0, 0.05) is 13.0 Å². The van der Waals surface area contributed by atoms with Gasteiger partial charge in [0.2, 0.25) is 5.91 Å². The van der Waals surface area contributed by atoms with Crippen molar-refractivity contribution in [2.24, 2.45) is 17.8 Å². The summed E-state index contributed by atoms with van der Waals surface area (Å²) in [7, 11) is 0. The van der Waals surface area contributed by atoms with E-state index in [-0.39, 0.29) is 12.0 Å². The molecule has 2 fully saturated rings. The highest BCUT2D eigenvalue weighted by atomic mass is 16.3. The van der Waals surface area contributed by atoms with Gasteiger partial charge in [-0.3, -0.25) is 4.79 Å². The molecule has 0 spiro atoms. The molecule has 2 N–H and O–H groups in total. The molecule has 0 aliphatic heterocycles. The van der Waals surface area contributed by atoms with Crippen LogP contribution in [0.4, 0.5) is 0 Å². The van der Waals surface area contributed by atoms with Crippen molar-refractivity contribution in [2.75, 3.05) is 6.54 Å². The van der Waals surface area contributed by atoms with Crippen LogP contribution in [0.3, 0.4) is 0 Å². The highest BCUT2D eigenvalue weighted by Crippen LogP contribution is 2.49. The third-order valence-corrected chi connectivity index (χ3v) is 4.34. The SMILES string of the molecule is CC[C@@H](O)CNC(=O)CC1CC2CCC1C2. The van der Waals surface area contributed by atoms with Gasteiger partial charge in [-0.05, 0) is 43.4 Å². The average Bonchev–Trinajstić information content (AvgIpc) is 2.87. The van der Waals surface area contributed by atoms with E-state index in [1.165, 1.54) is 25.7 Å². The van der Waals surface area contributed by atoms with Gasteiger partial charge in [-0.15, -0.1) is 0 Å². The minimum atomic E-state index is -0.385. The van der Waals surface area contributed by atoms with Crippen molar-refractivity contribution < 1.29 is 9.90 Å². The molecule has 16 heavy (non-hydrogen) atoms. The predicted octanol–water partition coefficient (Wildman–Crippen LogP) is 1.70. The number of carbonyl (C=O) groups excluding carboxylic acids is 1. The summed E-state index contributed by atoms with van der Waals surface area (Å²) in [6.45, 7) is 2.34. The lowest BCUT2D eigenvalue weighted by molar-refractivity contribution is -0.122. The predicted molar refractivity (Wildman–Crippen MR) is 62.9 cm³/mol. The van der Waals surface area contributed by atoms with Crippen LogP contribution in [-0.2, 0) is 4.79 Å². The molecule has 0 saturated heterocycles. The second kappa shape index (κ2) is 5.17.